The summed E-state index contributed by atoms with van der Waals surface area (Å²) in [5.74, 6) is -1.24. The van der Waals surface area contributed by atoms with Gasteiger partial charge >= 0.3 is 5.97 Å². The second-order valence-electron chi connectivity index (χ2n) is 4.81. The first-order valence-electron chi connectivity index (χ1n) is 6.95. The van der Waals surface area contributed by atoms with Gasteiger partial charge in [-0.3, -0.25) is 9.59 Å². The van der Waals surface area contributed by atoms with E-state index >= 15 is 0 Å². The first-order valence-corrected chi connectivity index (χ1v) is 6.95. The summed E-state index contributed by atoms with van der Waals surface area (Å²) < 4.78 is 10.00. The predicted molar refractivity (Wildman–Crippen MR) is 76.2 cm³/mol. The van der Waals surface area contributed by atoms with E-state index in [-0.39, 0.29) is 38.1 Å². The summed E-state index contributed by atoms with van der Waals surface area (Å²) in [7, 11) is 0. The Morgan fingerprint density at radius 1 is 1.43 bits per heavy atom. The molecular weight excluding hydrogens is 308 g/mol. The molecule has 0 bridgehead atoms. The fourth-order valence-corrected chi connectivity index (χ4v) is 1.73. The van der Waals surface area contributed by atoms with E-state index in [2.05, 4.69) is 15.5 Å². The molecule has 0 fully saturated rings. The Labute approximate surface area is 132 Å². The lowest BCUT2D eigenvalue weighted by atomic mass is 10.2. The van der Waals surface area contributed by atoms with Crippen LogP contribution in [0.3, 0.4) is 0 Å². The van der Waals surface area contributed by atoms with Crippen LogP contribution in [0.1, 0.15) is 25.6 Å². The van der Waals surface area contributed by atoms with E-state index in [4.69, 9.17) is 14.4 Å². The van der Waals surface area contributed by atoms with Crippen LogP contribution in [0.15, 0.2) is 4.52 Å². The Balaban J connectivity index is 2.52. The highest BCUT2D eigenvalue weighted by Crippen LogP contribution is 2.03. The molecule has 10 nitrogen and oxygen atoms in total. The number of carboxylic acid groups (broad SMARTS) is 1. The van der Waals surface area contributed by atoms with Crippen LogP contribution in [0.5, 0.6) is 0 Å². The van der Waals surface area contributed by atoms with Crippen LogP contribution in [0.2, 0.25) is 0 Å². The van der Waals surface area contributed by atoms with E-state index in [0.29, 0.717) is 5.82 Å². The number of nitrogens with one attached hydrogen (secondary N) is 1. The smallest absolute Gasteiger partial charge is 0.326 e. The van der Waals surface area contributed by atoms with Gasteiger partial charge in [-0.1, -0.05) is 5.16 Å². The molecule has 1 heterocycles. The summed E-state index contributed by atoms with van der Waals surface area (Å²) in [6.45, 7) is 4.21. The van der Waals surface area contributed by atoms with Gasteiger partial charge in [0.1, 0.15) is 19.3 Å². The number of carbonyl (C=O) groups excluding carboxylic acids is 2. The van der Waals surface area contributed by atoms with Crippen LogP contribution >= 0.6 is 0 Å². The number of nitrogens with zero attached hydrogens (tertiary/aromatic N) is 3. The second-order valence-corrected chi connectivity index (χ2v) is 4.81. The molecule has 10 heteroatoms. The van der Waals surface area contributed by atoms with Crippen LogP contribution in [-0.4, -0.2) is 63.7 Å². The number of aryl methyl sites for hydroxylation is 1. The van der Waals surface area contributed by atoms with Gasteiger partial charge in [-0.15, -0.1) is 0 Å². The Morgan fingerprint density at radius 2 is 2.13 bits per heavy atom. The molecule has 1 unspecified atom stereocenters. The van der Waals surface area contributed by atoms with E-state index in [0.717, 1.165) is 4.90 Å². The molecule has 23 heavy (non-hydrogen) atoms. The van der Waals surface area contributed by atoms with Gasteiger partial charge in [0, 0.05) is 20.0 Å². The van der Waals surface area contributed by atoms with Crippen LogP contribution in [-0.2, 0) is 25.7 Å². The highest BCUT2D eigenvalue weighted by Gasteiger charge is 2.25. The Bertz CT molecular complexity index is 558. The van der Waals surface area contributed by atoms with Crippen molar-refractivity contribution >= 4 is 17.8 Å². The minimum Gasteiger partial charge on any atom is -0.480 e. The van der Waals surface area contributed by atoms with Gasteiger partial charge in [0.2, 0.25) is 11.8 Å². The van der Waals surface area contributed by atoms with Gasteiger partial charge in [0.15, 0.2) is 5.82 Å². The number of hydrogen-bond acceptors (Lipinski definition) is 7. The van der Waals surface area contributed by atoms with Gasteiger partial charge in [0.05, 0.1) is 0 Å². The number of aromatic nitrogens is 2. The number of ether oxygens (including phenoxy) is 1. The van der Waals surface area contributed by atoms with Gasteiger partial charge < -0.3 is 24.6 Å². The van der Waals surface area contributed by atoms with E-state index in [1.54, 1.807) is 6.92 Å². The predicted octanol–water partition coefficient (Wildman–Crippen LogP) is -0.668. The topological polar surface area (TPSA) is 135 Å². The number of rotatable bonds is 9. The zero-order valence-electron chi connectivity index (χ0n) is 13.2. The number of aliphatic carboxylic acids is 1. The minimum atomic E-state index is -1.14. The van der Waals surface area contributed by atoms with Crippen molar-refractivity contribution in [2.24, 2.45) is 0 Å². The molecule has 0 aliphatic carbocycles. The third-order valence-electron chi connectivity index (χ3n) is 2.89. The molecule has 1 aromatic heterocycles. The normalized spacial score (nSPS) is 11.8. The Morgan fingerprint density at radius 3 is 2.65 bits per heavy atom. The lowest BCUT2D eigenvalue weighted by Gasteiger charge is -2.26. The number of hydrogen-bond donors (Lipinski definition) is 2. The van der Waals surface area contributed by atoms with Crippen LogP contribution in [0, 0.1) is 6.92 Å². The van der Waals surface area contributed by atoms with Crippen molar-refractivity contribution < 1.29 is 28.8 Å². The Hall–Kier alpha value is -2.49. The molecule has 1 aromatic rings. The molecule has 1 atom stereocenters. The lowest BCUT2D eigenvalue weighted by Crippen LogP contribution is -2.48. The number of carboxylic acids is 1. The van der Waals surface area contributed by atoms with Crippen LogP contribution in [0.25, 0.3) is 0 Å². The highest BCUT2D eigenvalue weighted by atomic mass is 16.5. The minimum absolute atomic E-state index is 0.0480. The SMILES string of the molecule is CC(=O)NCCN(C(=O)COCc1nc(C)no1)C(C)C(=O)O. The van der Waals surface area contributed by atoms with Crippen molar-refractivity contribution in [3.05, 3.63) is 11.7 Å². The van der Waals surface area contributed by atoms with Crippen LogP contribution < -0.4 is 5.32 Å². The van der Waals surface area contributed by atoms with E-state index in [9.17, 15) is 14.4 Å². The zero-order valence-corrected chi connectivity index (χ0v) is 13.2. The van der Waals surface area contributed by atoms with Crippen molar-refractivity contribution in [3.8, 4) is 0 Å². The summed E-state index contributed by atoms with van der Waals surface area (Å²) in [5.41, 5.74) is 0. The average molecular weight is 328 g/mol. The molecule has 128 valence electrons. The molecule has 2 amide bonds. The standard InChI is InChI=1S/C13H20N4O6/c1-8(13(20)21)17(5-4-14-10(3)18)12(19)7-22-6-11-15-9(2)16-23-11/h8H,4-7H2,1-3H3,(H,14,18)(H,20,21). The molecule has 0 radical (unpaired) electrons. The fraction of sp³-hybridized carbons (Fsp3) is 0.615. The van der Waals surface area contributed by atoms with E-state index in [1.165, 1.54) is 13.8 Å². The summed E-state index contributed by atoms with van der Waals surface area (Å²) in [4.78, 5) is 39.1. The van der Waals surface area contributed by atoms with Crippen molar-refractivity contribution in [1.82, 2.24) is 20.4 Å². The quantitative estimate of drug-likeness (QED) is 0.609. The third kappa shape index (κ3) is 6.43. The largest absolute Gasteiger partial charge is 0.480 e. The molecule has 0 aliphatic heterocycles. The monoisotopic (exact) mass is 328 g/mol. The molecule has 1 rings (SSSR count). The molecule has 0 saturated heterocycles. The third-order valence-corrected chi connectivity index (χ3v) is 2.89. The fourth-order valence-electron chi connectivity index (χ4n) is 1.73. The zero-order chi connectivity index (χ0) is 17.4. The maximum atomic E-state index is 12.1. The first-order chi connectivity index (χ1) is 10.8. The molecule has 0 spiro atoms. The molecule has 0 aromatic carbocycles. The molecular formula is C13H20N4O6. The van der Waals surface area contributed by atoms with E-state index in [1.807, 2.05) is 0 Å². The van der Waals surface area contributed by atoms with Gasteiger partial charge in [-0.2, -0.15) is 4.98 Å². The summed E-state index contributed by atoms with van der Waals surface area (Å²) in [6.07, 6.45) is 0. The Kier molecular flexibility index (Phi) is 7.13. The lowest BCUT2D eigenvalue weighted by molar-refractivity contribution is -0.151. The van der Waals surface area contributed by atoms with Crippen molar-refractivity contribution in [3.63, 3.8) is 0 Å². The summed E-state index contributed by atoms with van der Waals surface area (Å²) >= 11 is 0. The second kappa shape index (κ2) is 8.83. The average Bonchev–Trinajstić information content (AvgIpc) is 2.88. The maximum absolute atomic E-state index is 12.1. The number of carbonyl (C=O) groups is 3. The molecule has 2 N–H and O–H groups in total. The van der Waals surface area contributed by atoms with Gasteiger partial charge in [-0.05, 0) is 13.8 Å². The van der Waals surface area contributed by atoms with E-state index < -0.39 is 17.9 Å². The molecule has 0 saturated carbocycles. The van der Waals surface area contributed by atoms with Crippen molar-refractivity contribution in [2.75, 3.05) is 19.7 Å². The van der Waals surface area contributed by atoms with Gasteiger partial charge in [0.25, 0.3) is 5.89 Å². The van der Waals surface area contributed by atoms with Crippen LogP contribution in [0.4, 0.5) is 0 Å². The first kappa shape index (κ1) is 18.6. The van der Waals surface area contributed by atoms with Crippen molar-refractivity contribution in [1.29, 1.82) is 0 Å². The summed E-state index contributed by atoms with van der Waals surface area (Å²) in [5, 5.41) is 15.1. The maximum Gasteiger partial charge on any atom is 0.326 e. The summed E-state index contributed by atoms with van der Waals surface area (Å²) in [6, 6.07) is -1.04. The van der Waals surface area contributed by atoms with Crippen molar-refractivity contribution in [2.45, 2.75) is 33.4 Å². The van der Waals surface area contributed by atoms with Gasteiger partial charge in [-0.25, -0.2) is 4.79 Å². The molecule has 0 aliphatic rings. The number of amides is 2. The highest BCUT2D eigenvalue weighted by molar-refractivity contribution is 5.84.